The molecule has 2 aromatic carbocycles. The van der Waals surface area contributed by atoms with Crippen molar-refractivity contribution in [1.82, 2.24) is 9.55 Å². The van der Waals surface area contributed by atoms with Crippen LogP contribution >= 0.6 is 34.4 Å². The smallest absolute Gasteiger partial charge is 0.337 e. The van der Waals surface area contributed by atoms with Gasteiger partial charge in [0, 0.05) is 17.3 Å². The minimum Gasteiger partial charge on any atom is -0.465 e. The number of imidazole rings is 1. The summed E-state index contributed by atoms with van der Waals surface area (Å²) >= 11 is 4.35. The number of aromatic nitrogens is 2. The van der Waals surface area contributed by atoms with Gasteiger partial charge in [-0.1, -0.05) is 40.3 Å². The van der Waals surface area contributed by atoms with Gasteiger partial charge in [-0.25, -0.2) is 9.78 Å². The average molecular weight is 506 g/mol. The van der Waals surface area contributed by atoms with Crippen molar-refractivity contribution < 1.29 is 9.53 Å². The van der Waals surface area contributed by atoms with Gasteiger partial charge in [-0.15, -0.1) is 11.8 Å². The van der Waals surface area contributed by atoms with E-state index in [2.05, 4.69) is 65.0 Å². The summed E-state index contributed by atoms with van der Waals surface area (Å²) in [6.45, 7) is 7.27. The summed E-state index contributed by atoms with van der Waals surface area (Å²) in [5.41, 5.74) is 5.72. The molecule has 1 atom stereocenters. The molecule has 0 N–H and O–H groups in total. The van der Waals surface area contributed by atoms with Gasteiger partial charge in [-0.3, -0.25) is 0 Å². The Labute approximate surface area is 183 Å². The molecule has 0 fully saturated rings. The highest BCUT2D eigenvalue weighted by molar-refractivity contribution is 14.1. The molecule has 3 aromatic rings. The predicted octanol–water partition coefficient (Wildman–Crippen LogP) is 5.68. The Morgan fingerprint density at radius 1 is 1.18 bits per heavy atom. The maximum absolute atomic E-state index is 11.7. The molecular formula is C22H23IN2O2S. The van der Waals surface area contributed by atoms with E-state index in [1.54, 1.807) is 11.8 Å². The van der Waals surface area contributed by atoms with Crippen molar-refractivity contribution in [2.45, 2.75) is 35.0 Å². The number of rotatable bonds is 6. The van der Waals surface area contributed by atoms with E-state index in [1.165, 1.54) is 29.4 Å². The molecule has 0 aliphatic heterocycles. The molecule has 0 bridgehead atoms. The zero-order chi connectivity index (χ0) is 20.3. The first-order chi connectivity index (χ1) is 13.3. The van der Waals surface area contributed by atoms with Crippen LogP contribution in [0.2, 0.25) is 0 Å². The summed E-state index contributed by atoms with van der Waals surface area (Å²) in [6, 6.07) is 12.1. The summed E-state index contributed by atoms with van der Waals surface area (Å²) in [5, 5.41) is 0. The number of aryl methyl sites for hydroxylation is 3. The number of hydrogen-bond acceptors (Lipinski definition) is 4. The molecular weight excluding hydrogens is 483 g/mol. The largest absolute Gasteiger partial charge is 0.465 e. The Balaban J connectivity index is 2.01. The molecule has 0 amide bonds. The molecule has 0 aliphatic carbocycles. The molecule has 28 heavy (non-hydrogen) atoms. The molecule has 0 saturated heterocycles. The molecule has 146 valence electrons. The van der Waals surface area contributed by atoms with E-state index >= 15 is 0 Å². The van der Waals surface area contributed by atoms with Gasteiger partial charge in [0.2, 0.25) is 0 Å². The third-order valence-corrected chi connectivity index (χ3v) is 7.26. The highest BCUT2D eigenvalue weighted by atomic mass is 127. The number of halogens is 1. The number of hydrogen-bond donors (Lipinski definition) is 0. The van der Waals surface area contributed by atoms with Crippen LogP contribution in [0.4, 0.5) is 0 Å². The molecule has 0 saturated carbocycles. The lowest BCUT2D eigenvalue weighted by Crippen LogP contribution is -2.23. The Bertz CT molecular complexity index is 948. The van der Waals surface area contributed by atoms with Gasteiger partial charge in [0.15, 0.2) is 0 Å². The molecule has 0 spiro atoms. The second-order valence-electron chi connectivity index (χ2n) is 6.86. The number of carbonyl (C=O) groups is 1. The minimum atomic E-state index is -0.319. The number of alkyl halides is 1. The number of esters is 1. The molecule has 0 radical (unpaired) electrons. The first kappa shape index (κ1) is 20.9. The molecule has 4 nitrogen and oxygen atoms in total. The number of carbonyl (C=O) groups excluding carboxylic acids is 1. The summed E-state index contributed by atoms with van der Waals surface area (Å²) in [7, 11) is 1.40. The summed E-state index contributed by atoms with van der Waals surface area (Å²) < 4.78 is 6.68. The van der Waals surface area contributed by atoms with Crippen LogP contribution in [0.25, 0.3) is 0 Å². The maximum Gasteiger partial charge on any atom is 0.337 e. The van der Waals surface area contributed by atoms with E-state index in [1.807, 2.05) is 43.0 Å². The van der Waals surface area contributed by atoms with Crippen LogP contribution in [0.5, 0.6) is 0 Å². The van der Waals surface area contributed by atoms with Crippen LogP contribution < -0.4 is 0 Å². The van der Waals surface area contributed by atoms with Crippen LogP contribution in [-0.4, -0.2) is 22.6 Å². The third kappa shape index (κ3) is 4.60. The van der Waals surface area contributed by atoms with Gasteiger partial charge < -0.3 is 9.30 Å². The summed E-state index contributed by atoms with van der Waals surface area (Å²) in [6.07, 6.45) is 5.65. The number of thioether (sulfide) groups is 1. The van der Waals surface area contributed by atoms with E-state index in [0.717, 1.165) is 11.4 Å². The Kier molecular flexibility index (Phi) is 6.50. The minimum absolute atomic E-state index is 0.229. The van der Waals surface area contributed by atoms with Crippen LogP contribution in [0, 0.1) is 20.8 Å². The van der Waals surface area contributed by atoms with Gasteiger partial charge in [0.25, 0.3) is 0 Å². The van der Waals surface area contributed by atoms with Crippen molar-refractivity contribution in [2.75, 3.05) is 7.11 Å². The Hall–Kier alpha value is -1.80. The van der Waals surface area contributed by atoms with Gasteiger partial charge >= 0.3 is 5.97 Å². The lowest BCUT2D eigenvalue weighted by Gasteiger charge is -2.31. The van der Waals surface area contributed by atoms with Crippen molar-refractivity contribution >= 4 is 40.3 Å². The maximum atomic E-state index is 11.7. The van der Waals surface area contributed by atoms with Gasteiger partial charge in [-0.05, 0) is 61.7 Å². The molecule has 1 heterocycles. The Morgan fingerprint density at radius 2 is 1.82 bits per heavy atom. The SMILES string of the molecule is COC(=O)c1ccc(SC(I)(Cn2ccnc2)c2c(C)cc(C)cc2C)cc1. The van der Waals surface area contributed by atoms with Crippen LogP contribution in [0.1, 0.15) is 32.6 Å². The summed E-state index contributed by atoms with van der Waals surface area (Å²) in [5.74, 6) is -0.319. The molecule has 1 unspecified atom stereocenters. The lowest BCUT2D eigenvalue weighted by atomic mass is 9.97. The van der Waals surface area contributed by atoms with Gasteiger partial charge in [0.05, 0.1) is 25.5 Å². The number of methoxy groups -OCH3 is 1. The summed E-state index contributed by atoms with van der Waals surface area (Å²) in [4.78, 5) is 17.0. The van der Waals surface area contributed by atoms with E-state index in [-0.39, 0.29) is 8.72 Å². The van der Waals surface area contributed by atoms with Crippen molar-refractivity contribution in [1.29, 1.82) is 0 Å². The molecule has 6 heteroatoms. The van der Waals surface area contributed by atoms with Crippen LogP contribution in [-0.2, 0) is 14.0 Å². The lowest BCUT2D eigenvalue weighted by molar-refractivity contribution is 0.0600. The number of nitrogens with zero attached hydrogens (tertiary/aromatic N) is 2. The van der Waals surface area contributed by atoms with E-state index in [0.29, 0.717) is 5.56 Å². The van der Waals surface area contributed by atoms with Crippen molar-refractivity contribution in [3.63, 3.8) is 0 Å². The highest BCUT2D eigenvalue weighted by Gasteiger charge is 2.34. The van der Waals surface area contributed by atoms with Crippen molar-refractivity contribution in [3.05, 3.63) is 82.9 Å². The fourth-order valence-corrected chi connectivity index (χ4v) is 6.80. The van der Waals surface area contributed by atoms with Crippen molar-refractivity contribution in [3.8, 4) is 0 Å². The average Bonchev–Trinajstić information content (AvgIpc) is 3.13. The third-order valence-electron chi connectivity index (χ3n) is 4.55. The van der Waals surface area contributed by atoms with E-state index < -0.39 is 0 Å². The predicted molar refractivity (Wildman–Crippen MR) is 122 cm³/mol. The number of benzene rings is 2. The topological polar surface area (TPSA) is 44.1 Å². The van der Waals surface area contributed by atoms with Crippen LogP contribution in [0.3, 0.4) is 0 Å². The van der Waals surface area contributed by atoms with Crippen LogP contribution in [0.15, 0.2) is 60.0 Å². The highest BCUT2D eigenvalue weighted by Crippen LogP contribution is 2.50. The van der Waals surface area contributed by atoms with E-state index in [9.17, 15) is 4.79 Å². The standard InChI is InChI=1S/C22H23IN2O2S/c1-15-11-16(2)20(17(3)12-15)22(23,13-25-10-9-24-14-25)28-19-7-5-18(6-8-19)21(26)27-4/h5-12,14H,13H2,1-4H3. The van der Waals surface area contributed by atoms with Gasteiger partial charge in [-0.2, -0.15) is 0 Å². The second kappa shape index (κ2) is 8.69. The zero-order valence-electron chi connectivity index (χ0n) is 16.4. The quantitative estimate of drug-likeness (QED) is 0.187. The van der Waals surface area contributed by atoms with Gasteiger partial charge in [0.1, 0.15) is 2.75 Å². The molecule has 3 rings (SSSR count). The first-order valence-corrected chi connectivity index (χ1v) is 10.8. The Morgan fingerprint density at radius 3 is 2.36 bits per heavy atom. The monoisotopic (exact) mass is 506 g/mol. The molecule has 1 aromatic heterocycles. The normalized spacial score (nSPS) is 13.2. The number of ether oxygens (including phenoxy) is 1. The van der Waals surface area contributed by atoms with E-state index in [4.69, 9.17) is 4.74 Å². The molecule has 0 aliphatic rings. The fraction of sp³-hybridized carbons (Fsp3) is 0.273. The fourth-order valence-electron chi connectivity index (χ4n) is 3.51. The zero-order valence-corrected chi connectivity index (χ0v) is 19.4. The van der Waals surface area contributed by atoms with Crippen molar-refractivity contribution in [2.24, 2.45) is 0 Å². The second-order valence-corrected chi connectivity index (χ2v) is 10.8. The first-order valence-electron chi connectivity index (χ1n) is 8.93.